The van der Waals surface area contributed by atoms with Crippen LogP contribution < -0.4 is 0 Å². The summed E-state index contributed by atoms with van der Waals surface area (Å²) >= 11 is 0.660. The Bertz CT molecular complexity index is 508. The molecule has 1 saturated carbocycles. The van der Waals surface area contributed by atoms with Crippen molar-refractivity contribution in [1.29, 1.82) is 0 Å². The summed E-state index contributed by atoms with van der Waals surface area (Å²) in [5.74, 6) is 0. The molecule has 2 heterocycles. The van der Waals surface area contributed by atoms with Crippen LogP contribution in [0, 0.1) is 10.8 Å². The topological polar surface area (TPSA) is 56.6 Å². The molecule has 4 nitrogen and oxygen atoms in total. The molecule has 0 spiro atoms. The number of fused-ring (bicyclic) bond motifs is 1. The van der Waals surface area contributed by atoms with Gasteiger partial charge < -0.3 is 10.2 Å². The first kappa shape index (κ1) is 15.2. The zero-order valence-corrected chi connectivity index (χ0v) is 12.2. The summed E-state index contributed by atoms with van der Waals surface area (Å²) in [4.78, 5) is 6.01. The summed E-state index contributed by atoms with van der Waals surface area (Å²) in [5, 5.41) is 18.5. The number of nitrogens with zero attached hydrogens (tertiary/aromatic N) is 2. The lowest BCUT2D eigenvalue weighted by Crippen LogP contribution is -2.54. The molecule has 1 aromatic rings. The van der Waals surface area contributed by atoms with Crippen molar-refractivity contribution in [3.8, 4) is 0 Å². The van der Waals surface area contributed by atoms with Crippen LogP contribution in [0.1, 0.15) is 22.7 Å². The van der Waals surface area contributed by atoms with Gasteiger partial charge >= 0.3 is 6.18 Å². The molecule has 8 heteroatoms. The van der Waals surface area contributed by atoms with Crippen LogP contribution in [0.3, 0.4) is 0 Å². The average Bonchev–Trinajstić information content (AvgIpc) is 2.95. The van der Waals surface area contributed by atoms with Crippen LogP contribution in [0.2, 0.25) is 0 Å². The molecule has 2 N–H and O–H groups in total. The normalized spacial score (nSPS) is 33.0. The van der Waals surface area contributed by atoms with Gasteiger partial charge in [-0.3, -0.25) is 4.90 Å². The van der Waals surface area contributed by atoms with E-state index in [1.54, 1.807) is 0 Å². The van der Waals surface area contributed by atoms with Gasteiger partial charge in [0.1, 0.15) is 0 Å². The quantitative estimate of drug-likeness (QED) is 0.886. The van der Waals surface area contributed by atoms with E-state index in [0.717, 1.165) is 12.8 Å². The minimum absolute atomic E-state index is 0.0144. The summed E-state index contributed by atoms with van der Waals surface area (Å²) < 4.78 is 37.6. The molecule has 2 atom stereocenters. The van der Waals surface area contributed by atoms with E-state index in [2.05, 4.69) is 4.98 Å². The first-order valence-corrected chi connectivity index (χ1v) is 7.62. The first-order chi connectivity index (χ1) is 9.84. The van der Waals surface area contributed by atoms with Crippen LogP contribution in [0.4, 0.5) is 13.2 Å². The number of aromatic nitrogens is 1. The summed E-state index contributed by atoms with van der Waals surface area (Å²) in [6, 6.07) is 0. The molecule has 1 aliphatic carbocycles. The molecular weight excluding hydrogens is 305 g/mol. The van der Waals surface area contributed by atoms with Crippen LogP contribution in [0.5, 0.6) is 0 Å². The Kier molecular flexibility index (Phi) is 3.55. The molecular formula is C13H17F3N2O2S. The smallest absolute Gasteiger partial charge is 0.396 e. The van der Waals surface area contributed by atoms with Gasteiger partial charge in [-0.05, 0) is 12.8 Å². The molecule has 2 aliphatic rings. The molecule has 1 aromatic heterocycles. The van der Waals surface area contributed by atoms with E-state index >= 15 is 0 Å². The third kappa shape index (κ3) is 2.28. The maximum absolute atomic E-state index is 12.5. The van der Waals surface area contributed by atoms with Crippen molar-refractivity contribution in [3.05, 3.63) is 16.1 Å². The van der Waals surface area contributed by atoms with Gasteiger partial charge in [-0.1, -0.05) is 0 Å². The second kappa shape index (κ2) is 4.91. The SMILES string of the molecule is OC[C@@]12CC[C@]1(CO)CN(Cc1cnc(C(F)(F)F)s1)C2. The highest BCUT2D eigenvalue weighted by molar-refractivity contribution is 7.11. The molecule has 118 valence electrons. The zero-order chi connectivity index (χ0) is 15.3. The Morgan fingerprint density at radius 2 is 1.76 bits per heavy atom. The average molecular weight is 322 g/mol. The van der Waals surface area contributed by atoms with Crippen LogP contribution in [0.25, 0.3) is 0 Å². The van der Waals surface area contributed by atoms with Crippen LogP contribution in [-0.4, -0.2) is 46.4 Å². The van der Waals surface area contributed by atoms with Gasteiger partial charge in [0, 0.05) is 41.5 Å². The zero-order valence-electron chi connectivity index (χ0n) is 11.4. The third-order valence-corrected chi connectivity index (χ3v) is 6.07. The molecule has 0 amide bonds. The predicted molar refractivity (Wildman–Crippen MR) is 70.7 cm³/mol. The van der Waals surface area contributed by atoms with Crippen LogP contribution in [-0.2, 0) is 12.7 Å². The minimum atomic E-state index is -4.40. The summed E-state index contributed by atoms with van der Waals surface area (Å²) in [7, 11) is 0. The number of alkyl halides is 3. The van der Waals surface area contributed by atoms with E-state index in [1.807, 2.05) is 4.90 Å². The van der Waals surface area contributed by atoms with Gasteiger partial charge in [0.2, 0.25) is 0 Å². The Morgan fingerprint density at radius 1 is 1.19 bits per heavy atom. The van der Waals surface area contributed by atoms with Crippen molar-refractivity contribution in [2.75, 3.05) is 26.3 Å². The first-order valence-electron chi connectivity index (χ1n) is 6.80. The highest BCUT2D eigenvalue weighted by atomic mass is 32.1. The third-order valence-electron chi connectivity index (χ3n) is 5.04. The number of aliphatic hydroxyl groups is 2. The Hall–Kier alpha value is -0.700. The van der Waals surface area contributed by atoms with Crippen molar-refractivity contribution < 1.29 is 23.4 Å². The van der Waals surface area contributed by atoms with Gasteiger partial charge in [-0.15, -0.1) is 11.3 Å². The van der Waals surface area contributed by atoms with Crippen molar-refractivity contribution >= 4 is 11.3 Å². The van der Waals surface area contributed by atoms with Crippen molar-refractivity contribution in [2.24, 2.45) is 10.8 Å². The maximum Gasteiger partial charge on any atom is 0.443 e. The number of thiazole rings is 1. The molecule has 21 heavy (non-hydrogen) atoms. The number of hydrogen-bond acceptors (Lipinski definition) is 5. The Morgan fingerprint density at radius 3 is 2.14 bits per heavy atom. The molecule has 1 aliphatic heterocycles. The second-order valence-electron chi connectivity index (χ2n) is 6.15. The Labute approximate surface area is 124 Å². The fraction of sp³-hybridized carbons (Fsp3) is 0.769. The lowest BCUT2D eigenvalue weighted by Gasteiger charge is -2.53. The van der Waals surface area contributed by atoms with E-state index in [0.29, 0.717) is 35.8 Å². The highest BCUT2D eigenvalue weighted by Gasteiger charge is 2.63. The lowest BCUT2D eigenvalue weighted by atomic mass is 9.52. The minimum Gasteiger partial charge on any atom is -0.396 e. The van der Waals surface area contributed by atoms with E-state index in [1.165, 1.54) is 6.20 Å². The fourth-order valence-electron chi connectivity index (χ4n) is 3.67. The number of aliphatic hydroxyl groups excluding tert-OH is 2. The number of likely N-dealkylation sites (tertiary alicyclic amines) is 1. The van der Waals surface area contributed by atoms with Crippen LogP contribution in [0.15, 0.2) is 6.20 Å². The van der Waals surface area contributed by atoms with E-state index in [9.17, 15) is 23.4 Å². The van der Waals surface area contributed by atoms with Crippen molar-refractivity contribution in [3.63, 3.8) is 0 Å². The fourth-order valence-corrected chi connectivity index (χ4v) is 4.50. The number of rotatable bonds is 4. The molecule has 1 saturated heterocycles. The standard InChI is InChI=1S/C13H17F3N2O2S/c14-13(15,16)10-17-3-9(21-10)4-18-5-11(7-19)1-2-12(11,6-18)8-20/h3,19-20H,1-2,4-8H2/t11-,12+. The maximum atomic E-state index is 12.5. The van der Waals surface area contributed by atoms with E-state index in [-0.39, 0.29) is 24.0 Å². The van der Waals surface area contributed by atoms with Crippen molar-refractivity contribution in [2.45, 2.75) is 25.6 Å². The van der Waals surface area contributed by atoms with E-state index < -0.39 is 11.2 Å². The monoisotopic (exact) mass is 322 g/mol. The Balaban J connectivity index is 1.71. The predicted octanol–water partition coefficient (Wildman–Crippen LogP) is 1.73. The highest BCUT2D eigenvalue weighted by Crippen LogP contribution is 2.61. The molecule has 0 aromatic carbocycles. The van der Waals surface area contributed by atoms with Gasteiger partial charge in [-0.2, -0.15) is 13.2 Å². The molecule has 0 unspecified atom stereocenters. The lowest BCUT2D eigenvalue weighted by molar-refractivity contribution is -0.137. The summed E-state index contributed by atoms with van der Waals surface area (Å²) in [6.45, 7) is 1.64. The molecule has 2 fully saturated rings. The van der Waals surface area contributed by atoms with Gasteiger partial charge in [0.15, 0.2) is 5.01 Å². The number of halogens is 3. The molecule has 3 rings (SSSR count). The second-order valence-corrected chi connectivity index (χ2v) is 7.27. The molecule has 0 radical (unpaired) electrons. The van der Waals surface area contributed by atoms with Gasteiger partial charge in [0.25, 0.3) is 0 Å². The van der Waals surface area contributed by atoms with Crippen LogP contribution >= 0.6 is 11.3 Å². The van der Waals surface area contributed by atoms with E-state index in [4.69, 9.17) is 0 Å². The molecule has 0 bridgehead atoms. The number of hydrogen-bond donors (Lipinski definition) is 2. The van der Waals surface area contributed by atoms with Crippen molar-refractivity contribution in [1.82, 2.24) is 9.88 Å². The van der Waals surface area contributed by atoms with Gasteiger partial charge in [0.05, 0.1) is 13.2 Å². The summed E-state index contributed by atoms with van der Waals surface area (Å²) in [5.41, 5.74) is -0.585. The summed E-state index contributed by atoms with van der Waals surface area (Å²) in [6.07, 6.45) is -1.41. The largest absolute Gasteiger partial charge is 0.443 e. The van der Waals surface area contributed by atoms with Gasteiger partial charge in [-0.25, -0.2) is 4.98 Å².